The molecule has 13 heavy (non-hydrogen) atoms. The summed E-state index contributed by atoms with van der Waals surface area (Å²) in [4.78, 5) is 0. The highest BCUT2D eigenvalue weighted by Crippen LogP contribution is 2.13. The Bertz CT molecular complexity index is 258. The maximum absolute atomic E-state index is 5.65. The molecule has 0 radical (unpaired) electrons. The third kappa shape index (κ3) is 3.49. The van der Waals surface area contributed by atoms with Crippen LogP contribution >= 0.6 is 0 Å². The summed E-state index contributed by atoms with van der Waals surface area (Å²) in [5.41, 5.74) is 0. The minimum Gasteiger partial charge on any atom is -0.466 e. The van der Waals surface area contributed by atoms with Gasteiger partial charge in [-0.25, -0.2) is 0 Å². The van der Waals surface area contributed by atoms with E-state index in [1.165, 1.54) is 0 Å². The highest BCUT2D eigenvalue weighted by Gasteiger charge is 2.03. The Morgan fingerprint density at radius 1 is 1.38 bits per heavy atom. The molecule has 1 aromatic rings. The third-order valence-corrected chi connectivity index (χ3v) is 1.92. The molecule has 0 atom stereocenters. The van der Waals surface area contributed by atoms with Crippen molar-refractivity contribution in [3.63, 3.8) is 0 Å². The molecule has 0 N–H and O–H groups in total. The van der Waals surface area contributed by atoms with Crippen molar-refractivity contribution < 1.29 is 4.42 Å². The zero-order chi connectivity index (χ0) is 9.68. The maximum atomic E-state index is 5.65. The van der Waals surface area contributed by atoms with Crippen LogP contribution in [0, 0.1) is 5.92 Å². The average molecular weight is 178 g/mol. The topological polar surface area (TPSA) is 13.1 Å². The first-order valence-electron chi connectivity index (χ1n) is 4.91. The molecule has 0 amide bonds. The smallest absolute Gasteiger partial charge is 0.104 e. The number of hydrogen-bond acceptors (Lipinski definition) is 1. The molecule has 0 fully saturated rings. The van der Waals surface area contributed by atoms with Gasteiger partial charge in [-0.15, -0.1) is 6.58 Å². The summed E-state index contributed by atoms with van der Waals surface area (Å²) in [7, 11) is 0. The van der Waals surface area contributed by atoms with Crippen LogP contribution in [0.4, 0.5) is 0 Å². The standard InChI is InChI=1S/C12H18O/c1-4-5-6-11-7-8-12(13-11)9-10(2)3/h4,7-8,10H,1,5-6,9H2,2-3H3. The summed E-state index contributed by atoms with van der Waals surface area (Å²) in [6.45, 7) is 8.09. The van der Waals surface area contributed by atoms with Gasteiger partial charge in [0.25, 0.3) is 0 Å². The minimum absolute atomic E-state index is 0.665. The van der Waals surface area contributed by atoms with Gasteiger partial charge in [0, 0.05) is 12.8 Å². The molecule has 1 nitrogen and oxygen atoms in total. The number of aryl methyl sites for hydroxylation is 1. The van der Waals surface area contributed by atoms with Crippen molar-refractivity contribution in [2.75, 3.05) is 0 Å². The number of hydrogen-bond donors (Lipinski definition) is 0. The Morgan fingerprint density at radius 2 is 2.08 bits per heavy atom. The molecule has 0 aliphatic carbocycles. The summed E-state index contributed by atoms with van der Waals surface area (Å²) in [5.74, 6) is 2.85. The molecule has 1 heteroatoms. The Hall–Kier alpha value is -0.980. The number of allylic oxidation sites excluding steroid dienone is 1. The second kappa shape index (κ2) is 4.90. The van der Waals surface area contributed by atoms with Crippen LogP contribution < -0.4 is 0 Å². The lowest BCUT2D eigenvalue weighted by Crippen LogP contribution is -1.91. The summed E-state index contributed by atoms with van der Waals surface area (Å²) >= 11 is 0. The van der Waals surface area contributed by atoms with Gasteiger partial charge in [-0.3, -0.25) is 0 Å². The van der Waals surface area contributed by atoms with E-state index >= 15 is 0 Å². The van der Waals surface area contributed by atoms with E-state index in [1.807, 2.05) is 6.08 Å². The molecule has 0 aromatic carbocycles. The lowest BCUT2D eigenvalue weighted by atomic mass is 10.1. The van der Waals surface area contributed by atoms with Crippen molar-refractivity contribution in [2.24, 2.45) is 5.92 Å². The Labute approximate surface area is 80.5 Å². The molecule has 72 valence electrons. The van der Waals surface area contributed by atoms with Crippen LogP contribution in [0.5, 0.6) is 0 Å². The van der Waals surface area contributed by atoms with Crippen molar-refractivity contribution >= 4 is 0 Å². The Kier molecular flexibility index (Phi) is 3.81. The molecule has 1 aromatic heterocycles. The van der Waals surface area contributed by atoms with Gasteiger partial charge >= 0.3 is 0 Å². The monoisotopic (exact) mass is 178 g/mol. The molecule has 1 heterocycles. The van der Waals surface area contributed by atoms with Crippen LogP contribution in [-0.2, 0) is 12.8 Å². The molecule has 0 saturated heterocycles. The molecule has 0 spiro atoms. The fraction of sp³-hybridized carbons (Fsp3) is 0.500. The fourth-order valence-electron chi connectivity index (χ4n) is 1.31. The van der Waals surface area contributed by atoms with Crippen LogP contribution in [0.25, 0.3) is 0 Å². The molecule has 1 rings (SSSR count). The van der Waals surface area contributed by atoms with Crippen molar-refractivity contribution in [3.8, 4) is 0 Å². The summed E-state index contributed by atoms with van der Waals surface area (Å²) in [6, 6.07) is 4.15. The first-order chi connectivity index (χ1) is 6.22. The quantitative estimate of drug-likeness (QED) is 0.628. The van der Waals surface area contributed by atoms with Crippen molar-refractivity contribution in [1.29, 1.82) is 0 Å². The van der Waals surface area contributed by atoms with Gasteiger partial charge < -0.3 is 4.42 Å². The largest absolute Gasteiger partial charge is 0.466 e. The van der Waals surface area contributed by atoms with E-state index in [1.54, 1.807) is 0 Å². The highest BCUT2D eigenvalue weighted by atomic mass is 16.3. The van der Waals surface area contributed by atoms with Crippen LogP contribution in [-0.4, -0.2) is 0 Å². The van der Waals surface area contributed by atoms with Gasteiger partial charge in [-0.1, -0.05) is 19.9 Å². The second-order valence-corrected chi connectivity index (χ2v) is 3.79. The molecule has 0 bridgehead atoms. The molecular weight excluding hydrogens is 160 g/mol. The minimum atomic E-state index is 0.665. The van der Waals surface area contributed by atoms with E-state index in [4.69, 9.17) is 4.42 Å². The van der Waals surface area contributed by atoms with E-state index in [2.05, 4.69) is 32.6 Å². The molecule has 0 saturated carbocycles. The predicted molar refractivity (Wildman–Crippen MR) is 55.8 cm³/mol. The maximum Gasteiger partial charge on any atom is 0.104 e. The average Bonchev–Trinajstić information content (AvgIpc) is 2.48. The number of rotatable bonds is 5. The first-order valence-corrected chi connectivity index (χ1v) is 4.91. The summed E-state index contributed by atoms with van der Waals surface area (Å²) < 4.78 is 5.65. The Balaban J connectivity index is 2.48. The zero-order valence-corrected chi connectivity index (χ0v) is 8.55. The van der Waals surface area contributed by atoms with Gasteiger partial charge in [0.15, 0.2) is 0 Å². The number of furan rings is 1. The van der Waals surface area contributed by atoms with Gasteiger partial charge in [0.2, 0.25) is 0 Å². The molecule has 0 aliphatic rings. The highest BCUT2D eigenvalue weighted by molar-refractivity contribution is 5.08. The van der Waals surface area contributed by atoms with Crippen LogP contribution in [0.1, 0.15) is 31.8 Å². The van der Waals surface area contributed by atoms with E-state index in [9.17, 15) is 0 Å². The van der Waals surface area contributed by atoms with Crippen molar-refractivity contribution in [1.82, 2.24) is 0 Å². The van der Waals surface area contributed by atoms with Gasteiger partial charge in [-0.05, 0) is 24.5 Å². The lowest BCUT2D eigenvalue weighted by Gasteiger charge is -1.99. The van der Waals surface area contributed by atoms with Crippen LogP contribution in [0.15, 0.2) is 29.2 Å². The van der Waals surface area contributed by atoms with E-state index in [0.717, 1.165) is 30.8 Å². The fourth-order valence-corrected chi connectivity index (χ4v) is 1.31. The van der Waals surface area contributed by atoms with Gasteiger partial charge in [0.05, 0.1) is 0 Å². The first kappa shape index (κ1) is 10.1. The Morgan fingerprint density at radius 3 is 2.69 bits per heavy atom. The van der Waals surface area contributed by atoms with Crippen LogP contribution in [0.2, 0.25) is 0 Å². The van der Waals surface area contributed by atoms with Crippen molar-refractivity contribution in [2.45, 2.75) is 33.1 Å². The van der Waals surface area contributed by atoms with E-state index in [0.29, 0.717) is 5.92 Å². The van der Waals surface area contributed by atoms with Crippen LogP contribution in [0.3, 0.4) is 0 Å². The van der Waals surface area contributed by atoms with Gasteiger partial charge in [0.1, 0.15) is 11.5 Å². The SMILES string of the molecule is C=CCCc1ccc(CC(C)C)o1. The molecular formula is C12H18O. The summed E-state index contributed by atoms with van der Waals surface area (Å²) in [6.07, 6.45) is 4.93. The lowest BCUT2D eigenvalue weighted by molar-refractivity contribution is 0.439. The molecule has 0 aliphatic heterocycles. The second-order valence-electron chi connectivity index (χ2n) is 3.79. The summed E-state index contributed by atoms with van der Waals surface area (Å²) in [5, 5.41) is 0. The molecule has 0 unspecified atom stereocenters. The van der Waals surface area contributed by atoms with E-state index < -0.39 is 0 Å². The van der Waals surface area contributed by atoms with Gasteiger partial charge in [-0.2, -0.15) is 0 Å². The normalized spacial score (nSPS) is 10.7. The van der Waals surface area contributed by atoms with Crippen molar-refractivity contribution in [3.05, 3.63) is 36.3 Å². The third-order valence-electron chi connectivity index (χ3n) is 1.92. The predicted octanol–water partition coefficient (Wildman–Crippen LogP) is 3.60. The van der Waals surface area contributed by atoms with E-state index in [-0.39, 0.29) is 0 Å². The zero-order valence-electron chi connectivity index (χ0n) is 8.55.